The lowest BCUT2D eigenvalue weighted by Gasteiger charge is -2.04. The summed E-state index contributed by atoms with van der Waals surface area (Å²) in [7, 11) is 1.58. The summed E-state index contributed by atoms with van der Waals surface area (Å²) < 4.78 is 5.15. The van der Waals surface area contributed by atoms with Gasteiger partial charge in [0.05, 0.1) is 7.11 Å². The first-order valence-corrected chi connectivity index (χ1v) is 5.34. The van der Waals surface area contributed by atoms with E-state index in [1.54, 1.807) is 31.4 Å². The molecule has 86 valence electrons. The van der Waals surface area contributed by atoms with Gasteiger partial charge in [-0.15, -0.1) is 0 Å². The van der Waals surface area contributed by atoms with Crippen LogP contribution in [0.1, 0.15) is 12.5 Å². The zero-order chi connectivity index (χ0) is 12.0. The number of halogens is 1. The summed E-state index contributed by atoms with van der Waals surface area (Å²) in [5.74, 6) is 0.550. The molecule has 0 spiro atoms. The van der Waals surface area contributed by atoms with Gasteiger partial charge in [-0.2, -0.15) is 0 Å². The third-order valence-electron chi connectivity index (χ3n) is 1.96. The predicted octanol–water partition coefficient (Wildman–Crippen LogP) is 2.50. The molecule has 1 aromatic carbocycles. The summed E-state index contributed by atoms with van der Waals surface area (Å²) in [6.07, 6.45) is 3.13. The molecule has 0 saturated heterocycles. The molecule has 0 atom stereocenters. The molecule has 0 bridgehead atoms. The second-order valence-corrected chi connectivity index (χ2v) is 3.55. The Balaban J connectivity index is 2.86. The van der Waals surface area contributed by atoms with Gasteiger partial charge in [-0.05, 0) is 31.2 Å². The minimum absolute atomic E-state index is 0.135. The smallest absolute Gasteiger partial charge is 0.243 e. The fourth-order valence-corrected chi connectivity index (χ4v) is 1.41. The second kappa shape index (κ2) is 6.18. The highest BCUT2D eigenvalue weighted by atomic mass is 35.5. The fraction of sp³-hybridized carbons (Fsp3) is 0.250. The molecule has 1 rings (SSSR count). The minimum atomic E-state index is -0.135. The highest BCUT2D eigenvalue weighted by Crippen LogP contribution is 2.23. The van der Waals surface area contributed by atoms with Crippen molar-refractivity contribution in [3.8, 4) is 5.75 Å². The Kier molecular flexibility index (Phi) is 4.86. The van der Waals surface area contributed by atoms with Crippen LogP contribution in [-0.2, 0) is 4.79 Å². The molecule has 0 aliphatic heterocycles. The Morgan fingerprint density at radius 1 is 1.56 bits per heavy atom. The SMILES string of the molecule is CCNC(=O)/C=C/c1cc(Cl)ccc1OC. The summed E-state index contributed by atoms with van der Waals surface area (Å²) in [6.45, 7) is 2.47. The van der Waals surface area contributed by atoms with Crippen LogP contribution in [0.3, 0.4) is 0 Å². The summed E-state index contributed by atoms with van der Waals surface area (Å²) >= 11 is 5.86. The van der Waals surface area contributed by atoms with E-state index in [9.17, 15) is 4.79 Å². The Morgan fingerprint density at radius 3 is 2.94 bits per heavy atom. The minimum Gasteiger partial charge on any atom is -0.496 e. The number of likely N-dealkylation sites (N-methyl/N-ethyl adjacent to an activating group) is 1. The van der Waals surface area contributed by atoms with E-state index in [-0.39, 0.29) is 5.91 Å². The quantitative estimate of drug-likeness (QED) is 0.820. The number of benzene rings is 1. The van der Waals surface area contributed by atoms with Gasteiger partial charge in [0, 0.05) is 23.2 Å². The molecular formula is C12H14ClNO2. The van der Waals surface area contributed by atoms with E-state index in [1.165, 1.54) is 6.08 Å². The molecule has 1 amide bonds. The van der Waals surface area contributed by atoms with Gasteiger partial charge in [0.25, 0.3) is 0 Å². The van der Waals surface area contributed by atoms with E-state index in [0.717, 1.165) is 5.56 Å². The summed E-state index contributed by atoms with van der Waals surface area (Å²) in [6, 6.07) is 5.25. The number of carbonyl (C=O) groups excluding carboxylic acids is 1. The van der Waals surface area contributed by atoms with Crippen LogP contribution in [0.5, 0.6) is 5.75 Å². The van der Waals surface area contributed by atoms with Crippen molar-refractivity contribution in [2.24, 2.45) is 0 Å². The van der Waals surface area contributed by atoms with Crippen molar-refractivity contribution in [3.05, 3.63) is 34.9 Å². The van der Waals surface area contributed by atoms with Gasteiger partial charge in [0.15, 0.2) is 0 Å². The second-order valence-electron chi connectivity index (χ2n) is 3.11. The zero-order valence-electron chi connectivity index (χ0n) is 9.29. The van der Waals surface area contributed by atoms with Crippen molar-refractivity contribution >= 4 is 23.6 Å². The fourth-order valence-electron chi connectivity index (χ4n) is 1.23. The highest BCUT2D eigenvalue weighted by Gasteiger charge is 2.01. The van der Waals surface area contributed by atoms with Crippen molar-refractivity contribution in [2.45, 2.75) is 6.92 Å². The van der Waals surface area contributed by atoms with Gasteiger partial charge in [0.1, 0.15) is 5.75 Å². The van der Waals surface area contributed by atoms with Crippen LogP contribution in [0.4, 0.5) is 0 Å². The van der Waals surface area contributed by atoms with Crippen LogP contribution in [-0.4, -0.2) is 19.6 Å². The molecule has 1 N–H and O–H groups in total. The zero-order valence-corrected chi connectivity index (χ0v) is 10.0. The number of nitrogens with one attached hydrogen (secondary N) is 1. The molecule has 4 heteroatoms. The van der Waals surface area contributed by atoms with Gasteiger partial charge in [-0.3, -0.25) is 4.79 Å². The Hall–Kier alpha value is -1.48. The molecule has 0 radical (unpaired) electrons. The first-order valence-electron chi connectivity index (χ1n) is 4.96. The van der Waals surface area contributed by atoms with Crippen LogP contribution in [0.2, 0.25) is 5.02 Å². The van der Waals surface area contributed by atoms with Gasteiger partial charge in [0.2, 0.25) is 5.91 Å². The number of rotatable bonds is 4. The Morgan fingerprint density at radius 2 is 2.31 bits per heavy atom. The van der Waals surface area contributed by atoms with E-state index in [2.05, 4.69) is 5.32 Å². The summed E-state index contributed by atoms with van der Waals surface area (Å²) in [4.78, 5) is 11.2. The average Bonchev–Trinajstić information content (AvgIpc) is 2.27. The molecular weight excluding hydrogens is 226 g/mol. The van der Waals surface area contributed by atoms with E-state index >= 15 is 0 Å². The lowest BCUT2D eigenvalue weighted by molar-refractivity contribution is -0.116. The van der Waals surface area contributed by atoms with E-state index < -0.39 is 0 Å². The van der Waals surface area contributed by atoms with Crippen molar-refractivity contribution in [1.29, 1.82) is 0 Å². The first kappa shape index (κ1) is 12.6. The normalized spacial score (nSPS) is 10.4. The Labute approximate surface area is 100 Å². The van der Waals surface area contributed by atoms with Gasteiger partial charge >= 0.3 is 0 Å². The molecule has 0 unspecified atom stereocenters. The number of ether oxygens (including phenoxy) is 1. The van der Waals surface area contributed by atoms with E-state index in [0.29, 0.717) is 17.3 Å². The maximum Gasteiger partial charge on any atom is 0.243 e. The van der Waals surface area contributed by atoms with Crippen molar-refractivity contribution in [2.75, 3.05) is 13.7 Å². The summed E-state index contributed by atoms with van der Waals surface area (Å²) in [5.41, 5.74) is 0.779. The van der Waals surface area contributed by atoms with E-state index in [1.807, 2.05) is 6.92 Å². The molecule has 0 aromatic heterocycles. The first-order chi connectivity index (χ1) is 7.67. The van der Waals surface area contributed by atoms with Crippen molar-refractivity contribution in [3.63, 3.8) is 0 Å². The van der Waals surface area contributed by atoms with Crippen LogP contribution >= 0.6 is 11.6 Å². The monoisotopic (exact) mass is 239 g/mol. The maximum atomic E-state index is 11.2. The molecule has 16 heavy (non-hydrogen) atoms. The molecule has 3 nitrogen and oxygen atoms in total. The van der Waals surface area contributed by atoms with Crippen LogP contribution in [0, 0.1) is 0 Å². The number of methoxy groups -OCH3 is 1. The van der Waals surface area contributed by atoms with Crippen molar-refractivity contribution < 1.29 is 9.53 Å². The largest absolute Gasteiger partial charge is 0.496 e. The van der Waals surface area contributed by atoms with E-state index in [4.69, 9.17) is 16.3 Å². The number of carbonyl (C=O) groups is 1. The van der Waals surface area contributed by atoms with Gasteiger partial charge in [-0.1, -0.05) is 11.6 Å². The molecule has 0 saturated carbocycles. The van der Waals surface area contributed by atoms with Crippen LogP contribution in [0.15, 0.2) is 24.3 Å². The molecule has 1 aromatic rings. The van der Waals surface area contributed by atoms with Crippen LogP contribution in [0.25, 0.3) is 6.08 Å². The molecule has 0 fully saturated rings. The molecule has 0 heterocycles. The average molecular weight is 240 g/mol. The number of hydrogen-bond acceptors (Lipinski definition) is 2. The Bertz CT molecular complexity index is 402. The third kappa shape index (κ3) is 3.59. The maximum absolute atomic E-state index is 11.2. The predicted molar refractivity (Wildman–Crippen MR) is 65.7 cm³/mol. The molecule has 0 aliphatic carbocycles. The standard InChI is InChI=1S/C12H14ClNO2/c1-3-14-12(15)7-4-9-8-10(13)5-6-11(9)16-2/h4-8H,3H2,1-2H3,(H,14,15)/b7-4+. The van der Waals surface area contributed by atoms with Gasteiger partial charge < -0.3 is 10.1 Å². The lowest BCUT2D eigenvalue weighted by Crippen LogP contribution is -2.19. The van der Waals surface area contributed by atoms with Gasteiger partial charge in [-0.25, -0.2) is 0 Å². The topological polar surface area (TPSA) is 38.3 Å². The van der Waals surface area contributed by atoms with Crippen LogP contribution < -0.4 is 10.1 Å². The van der Waals surface area contributed by atoms with Crippen molar-refractivity contribution in [1.82, 2.24) is 5.32 Å². The number of hydrogen-bond donors (Lipinski definition) is 1. The third-order valence-corrected chi connectivity index (χ3v) is 2.19. The highest BCUT2D eigenvalue weighted by molar-refractivity contribution is 6.30. The number of amides is 1. The lowest BCUT2D eigenvalue weighted by atomic mass is 10.2. The molecule has 0 aliphatic rings. The summed E-state index contributed by atoms with van der Waals surface area (Å²) in [5, 5.41) is 3.28.